The maximum atomic E-state index is 6.71. The van der Waals surface area contributed by atoms with Gasteiger partial charge < -0.3 is 8.83 Å². The van der Waals surface area contributed by atoms with Crippen molar-refractivity contribution in [3.63, 3.8) is 0 Å². The molecule has 0 bridgehead atoms. The van der Waals surface area contributed by atoms with Crippen LogP contribution in [0.1, 0.15) is 47.3 Å². The monoisotopic (exact) mass is 644 g/mol. The van der Waals surface area contributed by atoms with Gasteiger partial charge in [0.1, 0.15) is 22.5 Å². The Morgan fingerprint density at radius 2 is 1.66 bits per heavy atom. The Morgan fingerprint density at radius 1 is 0.700 bits per heavy atom. The number of furan rings is 2. The lowest BCUT2D eigenvalue weighted by molar-refractivity contribution is 0.521. The van der Waals surface area contributed by atoms with Crippen LogP contribution < -0.4 is 0 Å². The summed E-state index contributed by atoms with van der Waals surface area (Å²) >= 11 is 0. The lowest BCUT2D eigenvalue weighted by Gasteiger charge is -2.20. The molecule has 50 heavy (non-hydrogen) atoms. The number of hydrogen-bond donors (Lipinski definition) is 0. The molecule has 3 heterocycles. The zero-order chi connectivity index (χ0) is 32.8. The van der Waals surface area contributed by atoms with Crippen LogP contribution in [0.5, 0.6) is 0 Å². The first kappa shape index (κ1) is 27.9. The van der Waals surface area contributed by atoms with Crippen molar-refractivity contribution in [2.75, 3.05) is 0 Å². The summed E-state index contributed by atoms with van der Waals surface area (Å²) in [6, 6.07) is 23.7. The summed E-state index contributed by atoms with van der Waals surface area (Å²) in [7, 11) is 0. The third-order valence-corrected chi connectivity index (χ3v) is 10.9. The van der Waals surface area contributed by atoms with Gasteiger partial charge in [0.05, 0.1) is 11.2 Å². The van der Waals surface area contributed by atoms with Gasteiger partial charge in [-0.2, -0.15) is 0 Å². The average Bonchev–Trinajstić information content (AvgIpc) is 3.74. The molecule has 0 radical (unpaired) electrons. The molecule has 7 aromatic rings. The maximum absolute atomic E-state index is 6.71. The second-order valence-corrected chi connectivity index (χ2v) is 13.8. The first-order valence-electron chi connectivity index (χ1n) is 17.7. The van der Waals surface area contributed by atoms with Gasteiger partial charge in [-0.3, -0.25) is 0 Å². The predicted molar refractivity (Wildman–Crippen MR) is 205 cm³/mol. The fourth-order valence-corrected chi connectivity index (χ4v) is 8.54. The lowest BCUT2D eigenvalue weighted by atomic mass is 9.84. The third-order valence-electron chi connectivity index (χ3n) is 10.9. The van der Waals surface area contributed by atoms with Crippen LogP contribution in [-0.2, 0) is 12.8 Å². The van der Waals surface area contributed by atoms with Gasteiger partial charge in [-0.05, 0) is 90.4 Å². The topological polar surface area (TPSA) is 52.1 Å². The minimum Gasteiger partial charge on any atom is -0.460 e. The van der Waals surface area contributed by atoms with E-state index < -0.39 is 0 Å². The van der Waals surface area contributed by atoms with Crippen molar-refractivity contribution in [1.82, 2.24) is 9.97 Å². The Balaban J connectivity index is 1.15. The molecular weight excluding hydrogens is 613 g/mol. The lowest BCUT2D eigenvalue weighted by Crippen LogP contribution is -2.10. The minimum absolute atomic E-state index is 0.373. The van der Waals surface area contributed by atoms with Crippen LogP contribution in [0.2, 0.25) is 0 Å². The van der Waals surface area contributed by atoms with Crippen molar-refractivity contribution in [1.29, 1.82) is 0 Å². The van der Waals surface area contributed by atoms with Crippen molar-refractivity contribution in [3.8, 4) is 22.6 Å². The van der Waals surface area contributed by atoms with E-state index in [2.05, 4.69) is 127 Å². The molecule has 0 fully saturated rings. The molecule has 0 saturated carbocycles. The van der Waals surface area contributed by atoms with Gasteiger partial charge in [0.2, 0.25) is 0 Å². The van der Waals surface area contributed by atoms with Gasteiger partial charge >= 0.3 is 0 Å². The third kappa shape index (κ3) is 4.18. The molecule has 238 valence electrons. The standard InChI is InChI=1S/C46H32N2O2/c1-2-11-27(12-3-1)31-18-10-20-41-43(31)38-26-37(32-15-6-7-16-33(32)45(38)50-41)46-47-39-19-9-8-17-34(39)44(48-46)30-21-22-40-35(24-30)36-23-28-13-4-5-14-29(28)25-42(36)49-40/h1-2,4-6,8-11,13-15,17-24,26,29H,3,7,12,16,25H2. The van der Waals surface area contributed by atoms with Gasteiger partial charge in [-0.1, -0.05) is 85.0 Å². The summed E-state index contributed by atoms with van der Waals surface area (Å²) in [5.74, 6) is 2.16. The Hall–Kier alpha value is -6.00. The highest BCUT2D eigenvalue weighted by molar-refractivity contribution is 6.13. The highest BCUT2D eigenvalue weighted by Crippen LogP contribution is 2.44. The van der Waals surface area contributed by atoms with Crippen molar-refractivity contribution in [2.45, 2.75) is 32.1 Å². The summed E-state index contributed by atoms with van der Waals surface area (Å²) in [5, 5.41) is 4.48. The molecule has 4 aliphatic rings. The molecule has 3 aromatic heterocycles. The zero-order valence-corrected chi connectivity index (χ0v) is 27.4. The Morgan fingerprint density at radius 3 is 2.62 bits per heavy atom. The van der Waals surface area contributed by atoms with Gasteiger partial charge in [-0.15, -0.1) is 0 Å². The van der Waals surface area contributed by atoms with Crippen LogP contribution >= 0.6 is 0 Å². The minimum atomic E-state index is 0.373. The van der Waals surface area contributed by atoms with E-state index in [1.165, 1.54) is 33.2 Å². The molecule has 0 aliphatic heterocycles. The molecule has 4 aliphatic carbocycles. The molecule has 4 aromatic carbocycles. The molecule has 4 heteroatoms. The van der Waals surface area contributed by atoms with Crippen LogP contribution in [0, 0.1) is 5.92 Å². The highest BCUT2D eigenvalue weighted by atomic mass is 16.3. The summed E-state index contributed by atoms with van der Waals surface area (Å²) in [5.41, 5.74) is 14.3. The fraction of sp³-hybridized carbons (Fsp3) is 0.130. The van der Waals surface area contributed by atoms with Crippen LogP contribution in [0.15, 0.2) is 130 Å². The largest absolute Gasteiger partial charge is 0.460 e. The molecule has 1 unspecified atom stereocenters. The average molecular weight is 645 g/mol. The molecule has 0 spiro atoms. The Bertz CT molecular complexity index is 2790. The summed E-state index contributed by atoms with van der Waals surface area (Å²) < 4.78 is 13.1. The highest BCUT2D eigenvalue weighted by Gasteiger charge is 2.26. The molecule has 1 atom stereocenters. The van der Waals surface area contributed by atoms with Crippen LogP contribution in [0.25, 0.3) is 84.2 Å². The number of rotatable bonds is 3. The first-order chi connectivity index (χ1) is 24.8. The van der Waals surface area contributed by atoms with Gasteiger partial charge in [-0.25, -0.2) is 9.97 Å². The quantitative estimate of drug-likeness (QED) is 0.192. The molecule has 4 nitrogen and oxygen atoms in total. The Labute approximate surface area is 289 Å². The molecule has 0 saturated heterocycles. The summed E-state index contributed by atoms with van der Waals surface area (Å²) in [6.45, 7) is 0. The van der Waals surface area contributed by atoms with Crippen LogP contribution in [0.3, 0.4) is 0 Å². The van der Waals surface area contributed by atoms with E-state index in [1.54, 1.807) is 0 Å². The molecule has 11 rings (SSSR count). The van der Waals surface area contributed by atoms with E-state index in [4.69, 9.17) is 18.8 Å². The number of fused-ring (bicyclic) bond motifs is 10. The maximum Gasteiger partial charge on any atom is 0.161 e. The van der Waals surface area contributed by atoms with Gasteiger partial charge in [0.15, 0.2) is 5.82 Å². The fourth-order valence-electron chi connectivity index (χ4n) is 8.54. The van der Waals surface area contributed by atoms with E-state index in [1.807, 2.05) is 0 Å². The van der Waals surface area contributed by atoms with Crippen molar-refractivity contribution < 1.29 is 8.83 Å². The van der Waals surface area contributed by atoms with Gasteiger partial charge in [0.25, 0.3) is 0 Å². The number of allylic oxidation sites excluding steroid dienone is 10. The summed E-state index contributed by atoms with van der Waals surface area (Å²) in [6.07, 6.45) is 27.1. The van der Waals surface area contributed by atoms with Crippen molar-refractivity contribution >= 4 is 61.5 Å². The van der Waals surface area contributed by atoms with Crippen LogP contribution in [0.4, 0.5) is 0 Å². The number of para-hydroxylation sites is 1. The van der Waals surface area contributed by atoms with Crippen molar-refractivity contribution in [2.24, 2.45) is 5.92 Å². The van der Waals surface area contributed by atoms with Gasteiger partial charge in [0, 0.05) is 56.1 Å². The number of aryl methyl sites for hydroxylation is 1. The number of hydrogen-bond acceptors (Lipinski definition) is 4. The summed E-state index contributed by atoms with van der Waals surface area (Å²) in [4.78, 5) is 10.7. The van der Waals surface area contributed by atoms with E-state index in [9.17, 15) is 0 Å². The smallest absolute Gasteiger partial charge is 0.161 e. The number of benzene rings is 4. The molecular formula is C46H32N2O2. The zero-order valence-electron chi connectivity index (χ0n) is 27.4. The molecule has 0 N–H and O–H groups in total. The predicted octanol–water partition coefficient (Wildman–Crippen LogP) is 12.0. The SMILES string of the molecule is C1=CCCC(c2cccc3oc4c5c(c(-c6nc(-c7ccc8oc9c(c8c7)C=C7C=CC=CC7C9)c7ccccc7n6)cc4c23)C=CCC5)=C1. The number of aromatic nitrogens is 2. The second kappa shape index (κ2) is 10.8. The number of nitrogens with zero attached hydrogens (tertiary/aromatic N) is 2. The van der Waals surface area contributed by atoms with E-state index in [-0.39, 0.29) is 0 Å². The van der Waals surface area contributed by atoms with E-state index in [0.717, 1.165) is 104 Å². The van der Waals surface area contributed by atoms with E-state index in [0.29, 0.717) is 5.92 Å². The second-order valence-electron chi connectivity index (χ2n) is 13.8. The normalized spacial score (nSPS) is 17.7. The molecule has 0 amide bonds. The first-order valence-corrected chi connectivity index (χ1v) is 17.7. The van der Waals surface area contributed by atoms with Crippen molar-refractivity contribution in [3.05, 3.63) is 149 Å². The van der Waals surface area contributed by atoms with E-state index >= 15 is 0 Å². The van der Waals surface area contributed by atoms with Crippen LogP contribution in [-0.4, -0.2) is 9.97 Å². The Kier molecular flexibility index (Phi) is 6.00.